The van der Waals surface area contributed by atoms with Gasteiger partial charge in [-0.3, -0.25) is 4.99 Å². The Bertz CT molecular complexity index is 404. The van der Waals surface area contributed by atoms with E-state index in [1.165, 1.54) is 37.7 Å². The number of aliphatic imine (C=N–C) groups is 1. The second kappa shape index (κ2) is 4.52. The molecule has 1 aromatic rings. The van der Waals surface area contributed by atoms with Gasteiger partial charge in [0, 0.05) is 11.8 Å². The van der Waals surface area contributed by atoms with Crippen LogP contribution in [-0.4, -0.2) is 11.9 Å². The summed E-state index contributed by atoms with van der Waals surface area (Å²) in [6, 6.07) is 11.1. The van der Waals surface area contributed by atoms with Crippen LogP contribution in [0.15, 0.2) is 35.3 Å². The summed E-state index contributed by atoms with van der Waals surface area (Å²) in [5, 5.41) is 0. The second-order valence-electron chi connectivity index (χ2n) is 5.36. The van der Waals surface area contributed by atoms with Gasteiger partial charge in [0.15, 0.2) is 0 Å². The standard InChI is InChI=1S/C15H20N2/c16-15(12-8-4-5-9-12)17-14-10-13(14)11-6-2-1-3-7-11/h1-3,6-7,12-14H,4-5,8-10H2,(H2,16,17). The third-order valence-corrected chi connectivity index (χ3v) is 4.07. The topological polar surface area (TPSA) is 38.4 Å². The number of nitrogens with two attached hydrogens (primary N) is 1. The maximum Gasteiger partial charge on any atom is 0.0972 e. The summed E-state index contributed by atoms with van der Waals surface area (Å²) in [6.07, 6.45) is 6.33. The van der Waals surface area contributed by atoms with Crippen molar-refractivity contribution < 1.29 is 0 Å². The average Bonchev–Trinajstić information content (AvgIpc) is 2.92. The second-order valence-corrected chi connectivity index (χ2v) is 5.36. The van der Waals surface area contributed by atoms with E-state index in [9.17, 15) is 0 Å². The summed E-state index contributed by atoms with van der Waals surface area (Å²) in [5.74, 6) is 2.12. The number of benzene rings is 1. The van der Waals surface area contributed by atoms with Crippen molar-refractivity contribution in [3.05, 3.63) is 35.9 Å². The lowest BCUT2D eigenvalue weighted by Gasteiger charge is -2.07. The van der Waals surface area contributed by atoms with Crippen LogP contribution in [0.5, 0.6) is 0 Å². The average molecular weight is 228 g/mol. The molecule has 0 heterocycles. The van der Waals surface area contributed by atoms with Gasteiger partial charge >= 0.3 is 0 Å². The first-order chi connectivity index (χ1) is 8.34. The Morgan fingerprint density at radius 2 is 1.82 bits per heavy atom. The van der Waals surface area contributed by atoms with Crippen molar-refractivity contribution in [3.8, 4) is 0 Å². The zero-order valence-corrected chi connectivity index (χ0v) is 10.2. The van der Waals surface area contributed by atoms with E-state index in [0.717, 1.165) is 5.84 Å². The monoisotopic (exact) mass is 228 g/mol. The number of amidine groups is 1. The highest BCUT2D eigenvalue weighted by molar-refractivity contribution is 5.83. The van der Waals surface area contributed by atoms with Crippen molar-refractivity contribution in [2.45, 2.75) is 44.1 Å². The lowest BCUT2D eigenvalue weighted by atomic mass is 10.1. The normalized spacial score (nSPS) is 29.5. The van der Waals surface area contributed by atoms with E-state index in [1.807, 2.05) is 0 Å². The first-order valence-corrected chi connectivity index (χ1v) is 6.72. The molecule has 0 radical (unpaired) electrons. The highest BCUT2D eigenvalue weighted by atomic mass is 14.9. The first kappa shape index (κ1) is 10.8. The number of hydrogen-bond acceptors (Lipinski definition) is 1. The Morgan fingerprint density at radius 3 is 2.53 bits per heavy atom. The summed E-state index contributed by atoms with van der Waals surface area (Å²) >= 11 is 0. The SMILES string of the molecule is NC(=NC1CC1c1ccccc1)C1CCCC1. The van der Waals surface area contributed by atoms with Crippen molar-refractivity contribution in [2.75, 3.05) is 0 Å². The van der Waals surface area contributed by atoms with Crippen LogP contribution in [0.1, 0.15) is 43.6 Å². The lowest BCUT2D eigenvalue weighted by molar-refractivity contribution is 0.714. The molecule has 17 heavy (non-hydrogen) atoms. The van der Waals surface area contributed by atoms with Crippen molar-refractivity contribution in [2.24, 2.45) is 16.6 Å². The fraction of sp³-hybridized carbons (Fsp3) is 0.533. The molecule has 0 aliphatic heterocycles. The highest BCUT2D eigenvalue weighted by Crippen LogP contribution is 2.43. The number of rotatable bonds is 3. The largest absolute Gasteiger partial charge is 0.387 e. The van der Waals surface area contributed by atoms with E-state index < -0.39 is 0 Å². The molecule has 0 aromatic heterocycles. The molecule has 90 valence electrons. The molecule has 2 saturated carbocycles. The molecule has 2 atom stereocenters. The molecule has 3 rings (SSSR count). The van der Waals surface area contributed by atoms with E-state index in [0.29, 0.717) is 17.9 Å². The zero-order valence-electron chi connectivity index (χ0n) is 10.2. The third-order valence-electron chi connectivity index (χ3n) is 4.07. The van der Waals surface area contributed by atoms with Gasteiger partial charge < -0.3 is 5.73 Å². The van der Waals surface area contributed by atoms with Crippen LogP contribution >= 0.6 is 0 Å². The molecule has 2 fully saturated rings. The first-order valence-electron chi connectivity index (χ1n) is 6.72. The van der Waals surface area contributed by atoms with Gasteiger partial charge in [0.1, 0.15) is 0 Å². The van der Waals surface area contributed by atoms with E-state index >= 15 is 0 Å². The van der Waals surface area contributed by atoms with Crippen LogP contribution < -0.4 is 5.73 Å². The minimum Gasteiger partial charge on any atom is -0.387 e. The van der Waals surface area contributed by atoms with Gasteiger partial charge in [0.05, 0.1) is 11.9 Å². The highest BCUT2D eigenvalue weighted by Gasteiger charge is 2.38. The maximum atomic E-state index is 6.11. The molecular weight excluding hydrogens is 208 g/mol. The summed E-state index contributed by atoms with van der Waals surface area (Å²) in [4.78, 5) is 4.72. The van der Waals surface area contributed by atoms with Crippen LogP contribution in [0.3, 0.4) is 0 Å². The minimum atomic E-state index is 0.456. The summed E-state index contributed by atoms with van der Waals surface area (Å²) < 4.78 is 0. The third kappa shape index (κ3) is 2.36. The van der Waals surface area contributed by atoms with Gasteiger partial charge in [-0.25, -0.2) is 0 Å². The molecular formula is C15H20N2. The number of nitrogens with zero attached hydrogens (tertiary/aromatic N) is 1. The quantitative estimate of drug-likeness (QED) is 0.626. The minimum absolute atomic E-state index is 0.456. The molecule has 0 spiro atoms. The van der Waals surface area contributed by atoms with Crippen molar-refractivity contribution in [1.82, 2.24) is 0 Å². The Hall–Kier alpha value is -1.31. The molecule has 2 nitrogen and oxygen atoms in total. The molecule has 2 heteroatoms. The molecule has 2 N–H and O–H groups in total. The van der Waals surface area contributed by atoms with Crippen LogP contribution in [0.2, 0.25) is 0 Å². The van der Waals surface area contributed by atoms with Crippen LogP contribution in [0.4, 0.5) is 0 Å². The summed E-state index contributed by atoms with van der Waals surface area (Å²) in [5.41, 5.74) is 7.53. The lowest BCUT2D eigenvalue weighted by Crippen LogP contribution is -2.22. The van der Waals surface area contributed by atoms with Gasteiger partial charge in [0.25, 0.3) is 0 Å². The molecule has 2 aliphatic carbocycles. The van der Waals surface area contributed by atoms with Crippen LogP contribution in [0.25, 0.3) is 0 Å². The van der Waals surface area contributed by atoms with Gasteiger partial charge in [-0.2, -0.15) is 0 Å². The molecule has 2 aliphatic rings. The van der Waals surface area contributed by atoms with Gasteiger partial charge in [-0.1, -0.05) is 43.2 Å². The molecule has 1 aromatic carbocycles. The van der Waals surface area contributed by atoms with Crippen molar-refractivity contribution in [3.63, 3.8) is 0 Å². The molecule has 0 bridgehead atoms. The van der Waals surface area contributed by atoms with Crippen molar-refractivity contribution >= 4 is 5.84 Å². The maximum absolute atomic E-state index is 6.11. The fourth-order valence-electron chi connectivity index (χ4n) is 2.90. The van der Waals surface area contributed by atoms with Crippen LogP contribution in [-0.2, 0) is 0 Å². The Balaban J connectivity index is 1.63. The van der Waals surface area contributed by atoms with E-state index in [2.05, 4.69) is 30.3 Å². The number of hydrogen-bond donors (Lipinski definition) is 1. The van der Waals surface area contributed by atoms with Crippen molar-refractivity contribution in [1.29, 1.82) is 0 Å². The van der Waals surface area contributed by atoms with E-state index in [1.54, 1.807) is 0 Å². The summed E-state index contributed by atoms with van der Waals surface area (Å²) in [6.45, 7) is 0. The van der Waals surface area contributed by atoms with E-state index in [-0.39, 0.29) is 0 Å². The molecule has 0 amide bonds. The Kier molecular flexibility index (Phi) is 2.87. The zero-order chi connectivity index (χ0) is 11.7. The van der Waals surface area contributed by atoms with Crippen LogP contribution in [0, 0.1) is 5.92 Å². The fourth-order valence-corrected chi connectivity index (χ4v) is 2.90. The van der Waals surface area contributed by atoms with Gasteiger partial charge in [-0.05, 0) is 24.8 Å². The van der Waals surface area contributed by atoms with Gasteiger partial charge in [0.2, 0.25) is 0 Å². The van der Waals surface area contributed by atoms with E-state index in [4.69, 9.17) is 10.7 Å². The Labute approximate surface area is 103 Å². The van der Waals surface area contributed by atoms with Gasteiger partial charge in [-0.15, -0.1) is 0 Å². The molecule has 2 unspecified atom stereocenters. The smallest absolute Gasteiger partial charge is 0.0972 e. The molecule has 0 saturated heterocycles. The predicted molar refractivity (Wildman–Crippen MR) is 71.2 cm³/mol. The predicted octanol–water partition coefficient (Wildman–Crippen LogP) is 3.09. The summed E-state index contributed by atoms with van der Waals surface area (Å²) in [7, 11) is 0. The Morgan fingerprint density at radius 1 is 1.12 bits per heavy atom.